The zero-order chi connectivity index (χ0) is 7.14. The number of halogens is 1. The molecule has 1 saturated heterocycles. The Morgan fingerprint density at radius 2 is 2.40 bits per heavy atom. The molecule has 1 aliphatic heterocycles. The Morgan fingerprint density at radius 3 is 2.80 bits per heavy atom. The van der Waals surface area contributed by atoms with Gasteiger partial charge in [-0.2, -0.15) is 0 Å². The molecular formula is C7H7BrO2. The zero-order valence-corrected chi connectivity index (χ0v) is 7.14. The number of furan rings is 1. The minimum atomic E-state index is 0.228. The highest BCUT2D eigenvalue weighted by Gasteiger charge is 2.30. The summed E-state index contributed by atoms with van der Waals surface area (Å²) in [7, 11) is 0. The van der Waals surface area contributed by atoms with Crippen molar-refractivity contribution in [2.45, 2.75) is 13.0 Å². The van der Waals surface area contributed by atoms with E-state index in [1.165, 1.54) is 0 Å². The van der Waals surface area contributed by atoms with Crippen molar-refractivity contribution < 1.29 is 9.15 Å². The van der Waals surface area contributed by atoms with E-state index in [1.807, 2.05) is 13.0 Å². The fraction of sp³-hybridized carbons (Fsp3) is 0.429. The summed E-state index contributed by atoms with van der Waals surface area (Å²) in [5, 5.41) is 0. The molecule has 54 valence electrons. The van der Waals surface area contributed by atoms with Crippen molar-refractivity contribution in [3.05, 3.63) is 22.1 Å². The SMILES string of the molecule is Cc1cc(Br)oc1[C@H]1CO1. The van der Waals surface area contributed by atoms with E-state index in [0.29, 0.717) is 0 Å². The van der Waals surface area contributed by atoms with Crippen LogP contribution < -0.4 is 0 Å². The number of hydrogen-bond donors (Lipinski definition) is 0. The lowest BCUT2D eigenvalue weighted by atomic mass is 10.2. The average molecular weight is 203 g/mol. The molecule has 0 unspecified atom stereocenters. The molecular weight excluding hydrogens is 196 g/mol. The van der Waals surface area contributed by atoms with Gasteiger partial charge in [0.1, 0.15) is 11.9 Å². The highest BCUT2D eigenvalue weighted by molar-refractivity contribution is 9.10. The van der Waals surface area contributed by atoms with E-state index < -0.39 is 0 Å². The van der Waals surface area contributed by atoms with Crippen LogP contribution in [0, 0.1) is 6.92 Å². The summed E-state index contributed by atoms with van der Waals surface area (Å²) in [5.74, 6) is 0.965. The van der Waals surface area contributed by atoms with E-state index >= 15 is 0 Å². The van der Waals surface area contributed by atoms with Gasteiger partial charge in [0.05, 0.1) is 6.61 Å². The molecule has 0 saturated carbocycles. The molecule has 0 N–H and O–H groups in total. The van der Waals surface area contributed by atoms with Gasteiger partial charge in [0, 0.05) is 0 Å². The molecule has 0 amide bonds. The van der Waals surface area contributed by atoms with Gasteiger partial charge in [-0.15, -0.1) is 0 Å². The summed E-state index contributed by atoms with van der Waals surface area (Å²) < 4.78 is 11.2. The van der Waals surface area contributed by atoms with Crippen molar-refractivity contribution in [1.29, 1.82) is 0 Å². The van der Waals surface area contributed by atoms with Crippen LogP contribution in [-0.4, -0.2) is 6.61 Å². The highest BCUT2D eigenvalue weighted by Crippen LogP contribution is 2.35. The standard InChI is InChI=1S/C7H7BrO2/c1-4-2-6(8)10-7(4)5-3-9-5/h2,5H,3H2,1H3/t5-/m1/s1. The summed E-state index contributed by atoms with van der Waals surface area (Å²) >= 11 is 3.26. The lowest BCUT2D eigenvalue weighted by Crippen LogP contribution is -1.76. The molecule has 2 heterocycles. The van der Waals surface area contributed by atoms with Gasteiger partial charge in [0.15, 0.2) is 4.67 Å². The van der Waals surface area contributed by atoms with Crippen LogP contribution in [0.4, 0.5) is 0 Å². The van der Waals surface area contributed by atoms with Crippen LogP contribution in [0.5, 0.6) is 0 Å². The van der Waals surface area contributed by atoms with Crippen LogP contribution in [0.25, 0.3) is 0 Å². The molecule has 0 aliphatic carbocycles. The van der Waals surface area contributed by atoms with Gasteiger partial charge >= 0.3 is 0 Å². The molecule has 2 nitrogen and oxygen atoms in total. The Labute approximate surface area is 67.3 Å². The van der Waals surface area contributed by atoms with Crippen molar-refractivity contribution >= 4 is 15.9 Å². The zero-order valence-electron chi connectivity index (χ0n) is 5.56. The molecule has 1 aliphatic rings. The van der Waals surface area contributed by atoms with Crippen molar-refractivity contribution in [3.8, 4) is 0 Å². The van der Waals surface area contributed by atoms with E-state index in [0.717, 1.165) is 22.6 Å². The number of epoxide rings is 1. The second kappa shape index (κ2) is 2.10. The topological polar surface area (TPSA) is 25.7 Å². The number of hydrogen-bond acceptors (Lipinski definition) is 2. The molecule has 2 rings (SSSR count). The maximum absolute atomic E-state index is 5.33. The van der Waals surface area contributed by atoms with Gasteiger partial charge in [-0.25, -0.2) is 0 Å². The van der Waals surface area contributed by atoms with E-state index in [-0.39, 0.29) is 6.10 Å². The molecule has 1 atom stereocenters. The largest absolute Gasteiger partial charge is 0.451 e. The van der Waals surface area contributed by atoms with Crippen LogP contribution in [-0.2, 0) is 4.74 Å². The number of rotatable bonds is 1. The fourth-order valence-corrected chi connectivity index (χ4v) is 1.49. The van der Waals surface area contributed by atoms with Gasteiger partial charge in [-0.1, -0.05) is 0 Å². The molecule has 3 heteroatoms. The first-order valence-corrected chi connectivity index (χ1v) is 3.94. The predicted molar refractivity (Wildman–Crippen MR) is 39.8 cm³/mol. The first-order valence-electron chi connectivity index (χ1n) is 3.15. The van der Waals surface area contributed by atoms with Gasteiger partial charge in [-0.05, 0) is 34.5 Å². The van der Waals surface area contributed by atoms with Crippen molar-refractivity contribution in [2.24, 2.45) is 0 Å². The lowest BCUT2D eigenvalue weighted by Gasteiger charge is -1.87. The minimum Gasteiger partial charge on any atom is -0.451 e. The Kier molecular flexibility index (Phi) is 1.35. The van der Waals surface area contributed by atoms with Crippen LogP contribution in [0.1, 0.15) is 17.4 Å². The van der Waals surface area contributed by atoms with E-state index in [2.05, 4.69) is 15.9 Å². The minimum absolute atomic E-state index is 0.228. The van der Waals surface area contributed by atoms with Gasteiger partial charge in [0.25, 0.3) is 0 Å². The molecule has 10 heavy (non-hydrogen) atoms. The highest BCUT2D eigenvalue weighted by atomic mass is 79.9. The average Bonchev–Trinajstić information content (AvgIpc) is 2.61. The predicted octanol–water partition coefficient (Wildman–Crippen LogP) is 2.42. The summed E-state index contributed by atoms with van der Waals surface area (Å²) in [6.07, 6.45) is 0.228. The maximum atomic E-state index is 5.33. The molecule has 0 spiro atoms. The third-order valence-corrected chi connectivity index (χ3v) is 1.94. The third kappa shape index (κ3) is 0.995. The molecule has 1 aromatic heterocycles. The molecule has 1 aromatic rings. The van der Waals surface area contributed by atoms with Gasteiger partial charge in [0.2, 0.25) is 0 Å². The van der Waals surface area contributed by atoms with Gasteiger partial charge < -0.3 is 9.15 Å². The summed E-state index contributed by atoms with van der Waals surface area (Å²) in [6, 6.07) is 1.96. The third-order valence-electron chi connectivity index (χ3n) is 1.55. The van der Waals surface area contributed by atoms with Crippen molar-refractivity contribution in [1.82, 2.24) is 0 Å². The van der Waals surface area contributed by atoms with E-state index in [9.17, 15) is 0 Å². The molecule has 0 aromatic carbocycles. The maximum Gasteiger partial charge on any atom is 0.169 e. The molecule has 1 fully saturated rings. The summed E-state index contributed by atoms with van der Waals surface area (Å²) in [5.41, 5.74) is 1.16. The normalized spacial score (nSPS) is 23.2. The van der Waals surface area contributed by atoms with E-state index in [4.69, 9.17) is 9.15 Å². The molecule has 0 radical (unpaired) electrons. The lowest BCUT2D eigenvalue weighted by molar-refractivity contribution is 0.364. The Morgan fingerprint density at radius 1 is 1.70 bits per heavy atom. The van der Waals surface area contributed by atoms with E-state index in [1.54, 1.807) is 0 Å². The smallest absolute Gasteiger partial charge is 0.169 e. The molecule has 0 bridgehead atoms. The van der Waals surface area contributed by atoms with Crippen LogP contribution in [0.2, 0.25) is 0 Å². The van der Waals surface area contributed by atoms with Crippen molar-refractivity contribution in [2.75, 3.05) is 6.61 Å². The second-order valence-electron chi connectivity index (χ2n) is 2.42. The Bertz CT molecular complexity index is 250. The Hall–Kier alpha value is -0.280. The first kappa shape index (κ1) is 6.43. The number of aryl methyl sites for hydroxylation is 1. The quantitative estimate of drug-likeness (QED) is 0.655. The van der Waals surface area contributed by atoms with Crippen LogP contribution >= 0.6 is 15.9 Å². The fourth-order valence-electron chi connectivity index (χ4n) is 0.975. The second-order valence-corrected chi connectivity index (χ2v) is 3.20. The van der Waals surface area contributed by atoms with Crippen molar-refractivity contribution in [3.63, 3.8) is 0 Å². The monoisotopic (exact) mass is 202 g/mol. The van der Waals surface area contributed by atoms with Crippen LogP contribution in [0.3, 0.4) is 0 Å². The first-order chi connectivity index (χ1) is 4.77. The Balaban J connectivity index is 2.38. The number of ether oxygens (including phenoxy) is 1. The summed E-state index contributed by atoms with van der Waals surface area (Å²) in [6.45, 7) is 2.83. The summed E-state index contributed by atoms with van der Waals surface area (Å²) in [4.78, 5) is 0. The van der Waals surface area contributed by atoms with Crippen LogP contribution in [0.15, 0.2) is 15.2 Å². The van der Waals surface area contributed by atoms with Gasteiger partial charge in [-0.3, -0.25) is 0 Å².